The number of ether oxygens (including phenoxy) is 1. The van der Waals surface area contributed by atoms with Gasteiger partial charge in [-0.15, -0.1) is 11.3 Å². The predicted molar refractivity (Wildman–Crippen MR) is 109 cm³/mol. The second-order valence-corrected chi connectivity index (χ2v) is 10.3. The number of carbonyl (C=O) groups excluding carboxylic acids is 1. The smallest absolute Gasteiger partial charge is 0.489 e. The van der Waals surface area contributed by atoms with Gasteiger partial charge >= 0.3 is 12.1 Å². The van der Waals surface area contributed by atoms with Gasteiger partial charge in [-0.25, -0.2) is 9.78 Å². The van der Waals surface area contributed by atoms with Crippen LogP contribution in [0.25, 0.3) is 0 Å². The van der Waals surface area contributed by atoms with Crippen LogP contribution in [0.2, 0.25) is 5.02 Å². The molecule has 0 unspecified atom stereocenters. The molecule has 0 amide bonds. The Labute approximate surface area is 190 Å². The van der Waals surface area contributed by atoms with Gasteiger partial charge in [0.15, 0.2) is 5.82 Å². The Morgan fingerprint density at radius 1 is 1.25 bits per heavy atom. The van der Waals surface area contributed by atoms with Crippen molar-refractivity contribution in [2.45, 2.75) is 54.9 Å². The molecule has 2 aliphatic rings. The summed E-state index contributed by atoms with van der Waals surface area (Å²) >= 11 is 7.13. The molecule has 2 saturated heterocycles. The SMILES string of the molecule is O=C(ON(c1cscn1)S(=O)(=O)c1ccc(O[C@@H]2C[C@H]3CC[C@@H](C2)N3)c(Cl)c1)C(F)(F)F. The van der Waals surface area contributed by atoms with Crippen LogP contribution in [-0.2, 0) is 19.7 Å². The van der Waals surface area contributed by atoms with Crippen molar-refractivity contribution in [2.75, 3.05) is 4.47 Å². The molecular formula is C18H17ClF3N3O5S2. The molecule has 2 fully saturated rings. The number of carbonyl (C=O) groups is 1. The molecule has 8 nitrogen and oxygen atoms in total. The zero-order valence-electron chi connectivity index (χ0n) is 16.2. The molecule has 0 saturated carbocycles. The summed E-state index contributed by atoms with van der Waals surface area (Å²) in [5.74, 6) is -2.96. The molecule has 14 heteroatoms. The number of hydrogen-bond donors (Lipinski definition) is 1. The Morgan fingerprint density at radius 3 is 2.50 bits per heavy atom. The Hall–Kier alpha value is -2.09. The van der Waals surface area contributed by atoms with Crippen molar-refractivity contribution in [3.8, 4) is 5.75 Å². The standard InChI is InChI=1S/C18H17ClF3N3O5S2/c19-14-7-13(3-4-15(14)29-12-5-10-1-2-11(6-12)24-10)32(27,28)25(16-8-31-9-23-16)30-17(26)18(20,21)22/h3-4,7-12,24H,1-2,5-6H2/t10-,11+,12-. The molecular weight excluding hydrogens is 495 g/mol. The summed E-state index contributed by atoms with van der Waals surface area (Å²) in [6.45, 7) is 0. The first-order valence-corrected chi connectivity index (χ1v) is 12.2. The monoisotopic (exact) mass is 511 g/mol. The molecule has 2 aromatic rings. The number of alkyl halides is 3. The van der Waals surface area contributed by atoms with Crippen LogP contribution in [0, 0.1) is 0 Å². The summed E-state index contributed by atoms with van der Waals surface area (Å²) in [4.78, 5) is 18.6. The lowest BCUT2D eigenvalue weighted by Crippen LogP contribution is -2.42. The molecule has 3 heterocycles. The fourth-order valence-electron chi connectivity index (χ4n) is 3.76. The lowest BCUT2D eigenvalue weighted by molar-refractivity contribution is -0.199. The molecule has 174 valence electrons. The summed E-state index contributed by atoms with van der Waals surface area (Å²) in [5, 5.41) is 4.55. The lowest BCUT2D eigenvalue weighted by atomic mass is 10.0. The second kappa shape index (κ2) is 8.69. The molecule has 0 aliphatic carbocycles. The van der Waals surface area contributed by atoms with Crippen molar-refractivity contribution < 1.29 is 36.0 Å². The van der Waals surface area contributed by atoms with Crippen LogP contribution in [0.4, 0.5) is 19.0 Å². The van der Waals surface area contributed by atoms with Crippen molar-refractivity contribution in [3.05, 3.63) is 34.1 Å². The zero-order valence-corrected chi connectivity index (χ0v) is 18.6. The van der Waals surface area contributed by atoms with Gasteiger partial charge in [0.2, 0.25) is 0 Å². The molecule has 2 bridgehead atoms. The number of piperidine rings is 1. The molecule has 1 aromatic heterocycles. The first-order valence-electron chi connectivity index (χ1n) is 9.49. The minimum absolute atomic E-state index is 0.0441. The van der Waals surface area contributed by atoms with Crippen LogP contribution >= 0.6 is 22.9 Å². The fourth-order valence-corrected chi connectivity index (χ4v) is 5.83. The maximum atomic E-state index is 13.0. The normalized spacial score (nSPS) is 23.1. The van der Waals surface area contributed by atoms with Crippen molar-refractivity contribution in [2.24, 2.45) is 0 Å². The van der Waals surface area contributed by atoms with E-state index in [1.54, 1.807) is 0 Å². The predicted octanol–water partition coefficient (Wildman–Crippen LogP) is 3.67. The van der Waals surface area contributed by atoms with Crippen molar-refractivity contribution >= 4 is 44.7 Å². The minimum atomic E-state index is -5.41. The third-order valence-electron chi connectivity index (χ3n) is 5.15. The van der Waals surface area contributed by atoms with E-state index in [1.807, 2.05) is 0 Å². The van der Waals surface area contributed by atoms with Gasteiger partial charge in [0.05, 0.1) is 15.4 Å². The van der Waals surface area contributed by atoms with Crippen LogP contribution in [0.15, 0.2) is 34.0 Å². The van der Waals surface area contributed by atoms with Crippen LogP contribution < -0.4 is 14.5 Å². The summed E-state index contributed by atoms with van der Waals surface area (Å²) in [6, 6.07) is 4.21. The van der Waals surface area contributed by atoms with E-state index in [2.05, 4.69) is 15.1 Å². The van der Waals surface area contributed by atoms with E-state index in [-0.39, 0.29) is 21.3 Å². The zero-order chi connectivity index (χ0) is 23.1. The topological polar surface area (TPSA) is 97.8 Å². The number of nitrogens with one attached hydrogen (secondary N) is 1. The minimum Gasteiger partial charge on any atom is -0.489 e. The average Bonchev–Trinajstić information content (AvgIpc) is 3.36. The van der Waals surface area contributed by atoms with E-state index < -0.39 is 32.9 Å². The summed E-state index contributed by atoms with van der Waals surface area (Å²) < 4.78 is 69.8. The van der Waals surface area contributed by atoms with Crippen LogP contribution in [0.5, 0.6) is 5.75 Å². The number of rotatable bonds is 6. The Kier molecular flexibility index (Phi) is 6.27. The molecule has 0 spiro atoms. The van der Waals surface area contributed by atoms with Gasteiger partial charge in [0.1, 0.15) is 11.9 Å². The van der Waals surface area contributed by atoms with Crippen molar-refractivity contribution in [1.82, 2.24) is 10.3 Å². The number of benzene rings is 1. The van der Waals surface area contributed by atoms with Gasteiger partial charge in [-0.1, -0.05) is 16.1 Å². The Morgan fingerprint density at radius 2 is 1.94 bits per heavy atom. The van der Waals surface area contributed by atoms with E-state index in [0.29, 0.717) is 12.1 Å². The number of halogens is 4. The largest absolute Gasteiger partial charge is 0.493 e. The summed E-state index contributed by atoms with van der Waals surface area (Å²) in [5.41, 5.74) is 1.18. The van der Waals surface area contributed by atoms with Crippen LogP contribution in [0.3, 0.4) is 0 Å². The number of sulfonamides is 1. The molecule has 1 aromatic carbocycles. The van der Waals surface area contributed by atoms with E-state index in [9.17, 15) is 26.4 Å². The van der Waals surface area contributed by atoms with Gasteiger partial charge in [-0.05, 0) is 43.9 Å². The van der Waals surface area contributed by atoms with Gasteiger partial charge in [-0.3, -0.25) is 0 Å². The molecule has 4 rings (SSSR count). The van der Waals surface area contributed by atoms with E-state index in [0.717, 1.165) is 54.5 Å². The number of hydrogen-bond acceptors (Lipinski definition) is 8. The number of thiazole rings is 1. The van der Waals surface area contributed by atoms with Gasteiger partial charge in [0, 0.05) is 17.5 Å². The maximum absolute atomic E-state index is 13.0. The van der Waals surface area contributed by atoms with Crippen molar-refractivity contribution in [3.63, 3.8) is 0 Å². The first kappa shape index (κ1) is 23.1. The van der Waals surface area contributed by atoms with E-state index in [1.165, 1.54) is 11.6 Å². The van der Waals surface area contributed by atoms with E-state index >= 15 is 0 Å². The number of aromatic nitrogens is 1. The molecule has 32 heavy (non-hydrogen) atoms. The Bertz CT molecular complexity index is 1090. The molecule has 3 atom stereocenters. The average molecular weight is 512 g/mol. The van der Waals surface area contributed by atoms with Gasteiger partial charge in [-0.2, -0.15) is 21.6 Å². The third-order valence-corrected chi connectivity index (χ3v) is 7.56. The quantitative estimate of drug-likeness (QED) is 0.591. The fraction of sp³-hybridized carbons (Fsp3) is 0.444. The summed E-state index contributed by atoms with van der Waals surface area (Å²) in [6.07, 6.45) is -1.78. The van der Waals surface area contributed by atoms with Crippen molar-refractivity contribution in [1.29, 1.82) is 0 Å². The lowest BCUT2D eigenvalue weighted by Gasteiger charge is -2.29. The van der Waals surface area contributed by atoms with Crippen LogP contribution in [0.1, 0.15) is 25.7 Å². The number of anilines is 1. The van der Waals surface area contributed by atoms with E-state index in [4.69, 9.17) is 16.3 Å². The highest BCUT2D eigenvalue weighted by Gasteiger charge is 2.45. The maximum Gasteiger partial charge on any atom is 0.493 e. The first-order chi connectivity index (χ1) is 15.0. The highest BCUT2D eigenvalue weighted by molar-refractivity contribution is 7.92. The number of nitrogens with zero attached hydrogens (tertiary/aromatic N) is 2. The van der Waals surface area contributed by atoms with Gasteiger partial charge in [0.25, 0.3) is 10.0 Å². The highest BCUT2D eigenvalue weighted by Crippen LogP contribution is 2.35. The highest BCUT2D eigenvalue weighted by atomic mass is 35.5. The molecule has 0 radical (unpaired) electrons. The van der Waals surface area contributed by atoms with Gasteiger partial charge < -0.3 is 14.9 Å². The second-order valence-electron chi connectivity index (χ2n) is 7.40. The number of fused-ring (bicyclic) bond motifs is 2. The van der Waals surface area contributed by atoms with Crippen LogP contribution in [-0.4, -0.2) is 43.7 Å². The summed E-state index contributed by atoms with van der Waals surface area (Å²) in [7, 11) is -4.77. The molecule has 2 aliphatic heterocycles. The molecule has 1 N–H and O–H groups in total. The Balaban J connectivity index is 1.57. The third kappa shape index (κ3) is 4.80.